The summed E-state index contributed by atoms with van der Waals surface area (Å²) in [5.74, 6) is 0.421. The van der Waals surface area contributed by atoms with Gasteiger partial charge in [-0.2, -0.15) is 4.40 Å². The van der Waals surface area contributed by atoms with Crippen molar-refractivity contribution in [3.05, 3.63) is 0 Å². The van der Waals surface area contributed by atoms with Crippen LogP contribution in [0.4, 0.5) is 0 Å². The average Bonchev–Trinajstić information content (AvgIpc) is 1.61. The van der Waals surface area contributed by atoms with Crippen molar-refractivity contribution in [3.8, 4) is 0 Å². The smallest absolute Gasteiger partial charge is 0.208 e. The predicted molar refractivity (Wildman–Crippen MR) is 35.6 cm³/mol. The maximum atomic E-state index is 10.1. The maximum Gasteiger partial charge on any atom is 0.208 e. The van der Waals surface area contributed by atoms with Gasteiger partial charge in [-0.05, 0) is 6.92 Å². The summed E-state index contributed by atoms with van der Waals surface area (Å²) >= 11 is 0.863. The van der Waals surface area contributed by atoms with E-state index in [2.05, 4.69) is 4.40 Å². The minimum Gasteiger partial charge on any atom is -0.387 e. The largest absolute Gasteiger partial charge is 0.387 e. The Hall–Kier alpha value is -0.510. The van der Waals surface area contributed by atoms with Gasteiger partial charge in [0, 0.05) is 6.92 Å². The highest BCUT2D eigenvalue weighted by Gasteiger charge is 1.87. The fourth-order valence-corrected chi connectivity index (χ4v) is 0.409. The van der Waals surface area contributed by atoms with Gasteiger partial charge in [-0.1, -0.05) is 0 Å². The first kappa shape index (κ1) is 7.49. The molecule has 0 fully saturated rings. The summed E-state index contributed by atoms with van der Waals surface area (Å²) in [4.78, 5) is 10.1. The molecular weight excluding hydrogens is 124 g/mol. The van der Waals surface area contributed by atoms with Crippen LogP contribution in [-0.2, 0) is 4.79 Å². The molecule has 0 aliphatic heterocycles. The number of hydrogen-bond donors (Lipinski definition) is 1. The van der Waals surface area contributed by atoms with Crippen LogP contribution in [0.15, 0.2) is 4.40 Å². The van der Waals surface area contributed by atoms with Crippen molar-refractivity contribution in [2.75, 3.05) is 0 Å². The predicted octanol–water partition coefficient (Wildman–Crippen LogP) is 0.558. The van der Waals surface area contributed by atoms with Gasteiger partial charge in [0.05, 0.1) is 11.9 Å². The fourth-order valence-electron chi connectivity index (χ4n) is 0.136. The second-order valence-corrected chi connectivity index (χ2v) is 2.26. The van der Waals surface area contributed by atoms with E-state index in [9.17, 15) is 4.79 Å². The van der Waals surface area contributed by atoms with Crippen LogP contribution >= 0.6 is 11.9 Å². The second kappa shape index (κ2) is 3.49. The minimum atomic E-state index is -0.0465. The number of rotatable bonds is 1. The molecule has 0 heterocycles. The van der Waals surface area contributed by atoms with Crippen LogP contribution in [0.2, 0.25) is 0 Å². The normalized spacial score (nSPS) is 11.5. The van der Waals surface area contributed by atoms with E-state index in [1.165, 1.54) is 6.92 Å². The van der Waals surface area contributed by atoms with Crippen LogP contribution in [-0.4, -0.2) is 11.0 Å². The molecule has 0 amide bonds. The highest BCUT2D eigenvalue weighted by Crippen LogP contribution is 2.00. The Bertz CT molecular complexity index is 117. The average molecular weight is 132 g/mol. The zero-order chi connectivity index (χ0) is 6.57. The highest BCUT2D eigenvalue weighted by molar-refractivity contribution is 8.12. The molecule has 0 radical (unpaired) electrons. The molecule has 0 spiro atoms. The third-order valence-corrected chi connectivity index (χ3v) is 0.955. The van der Waals surface area contributed by atoms with Crippen LogP contribution in [0.3, 0.4) is 0 Å². The lowest BCUT2D eigenvalue weighted by molar-refractivity contribution is -0.109. The molecule has 0 aromatic heterocycles. The van der Waals surface area contributed by atoms with E-state index in [0.717, 1.165) is 11.9 Å². The number of carbonyl (C=O) groups is 1. The van der Waals surface area contributed by atoms with E-state index in [4.69, 9.17) is 5.73 Å². The van der Waals surface area contributed by atoms with Crippen LogP contribution in [0.25, 0.3) is 0 Å². The molecule has 0 bridgehead atoms. The van der Waals surface area contributed by atoms with E-state index in [1.54, 1.807) is 6.92 Å². The minimum absolute atomic E-state index is 0.0465. The van der Waals surface area contributed by atoms with Gasteiger partial charge in [-0.25, -0.2) is 0 Å². The van der Waals surface area contributed by atoms with E-state index in [-0.39, 0.29) is 5.12 Å². The molecule has 0 aliphatic carbocycles. The molecule has 46 valence electrons. The van der Waals surface area contributed by atoms with Gasteiger partial charge < -0.3 is 5.73 Å². The van der Waals surface area contributed by atoms with Gasteiger partial charge in [0.25, 0.3) is 0 Å². The first-order valence-corrected chi connectivity index (χ1v) is 2.88. The van der Waals surface area contributed by atoms with Crippen molar-refractivity contribution in [1.82, 2.24) is 0 Å². The van der Waals surface area contributed by atoms with Crippen LogP contribution < -0.4 is 5.73 Å². The molecule has 4 heteroatoms. The van der Waals surface area contributed by atoms with Crippen molar-refractivity contribution in [3.63, 3.8) is 0 Å². The lowest BCUT2D eigenvalue weighted by Gasteiger charge is -1.84. The molecule has 8 heavy (non-hydrogen) atoms. The van der Waals surface area contributed by atoms with Gasteiger partial charge in [0.1, 0.15) is 5.84 Å². The first-order chi connectivity index (χ1) is 3.63. The Morgan fingerprint density at radius 1 is 1.62 bits per heavy atom. The van der Waals surface area contributed by atoms with Crippen molar-refractivity contribution in [1.29, 1.82) is 0 Å². The molecule has 2 N–H and O–H groups in total. The van der Waals surface area contributed by atoms with Crippen molar-refractivity contribution >= 4 is 22.9 Å². The topological polar surface area (TPSA) is 55.5 Å². The summed E-state index contributed by atoms with van der Waals surface area (Å²) in [6, 6.07) is 0. The quantitative estimate of drug-likeness (QED) is 0.322. The van der Waals surface area contributed by atoms with Gasteiger partial charge in [0.15, 0.2) is 0 Å². The standard InChI is InChI=1S/C4H8N2OS/c1-3(5)6-8-4(2)7/h1-2H3,(H2,5,6). The molecule has 0 aliphatic rings. The number of nitrogens with zero attached hydrogens (tertiary/aromatic N) is 1. The lowest BCUT2D eigenvalue weighted by Crippen LogP contribution is -2.03. The molecular formula is C4H8N2OS. The van der Waals surface area contributed by atoms with Crippen molar-refractivity contribution in [2.45, 2.75) is 13.8 Å². The van der Waals surface area contributed by atoms with Gasteiger partial charge in [0.2, 0.25) is 5.12 Å². The second-order valence-electron chi connectivity index (χ2n) is 1.32. The maximum absolute atomic E-state index is 10.1. The highest BCUT2D eigenvalue weighted by atomic mass is 32.2. The van der Waals surface area contributed by atoms with Crippen LogP contribution in [0.5, 0.6) is 0 Å². The van der Waals surface area contributed by atoms with Gasteiger partial charge in [-0.15, -0.1) is 0 Å². The zero-order valence-corrected chi connectivity index (χ0v) is 5.66. The third-order valence-electron chi connectivity index (χ3n) is 0.318. The Morgan fingerprint density at radius 2 is 2.12 bits per heavy atom. The lowest BCUT2D eigenvalue weighted by atomic mass is 10.8. The summed E-state index contributed by atoms with van der Waals surface area (Å²) < 4.78 is 3.59. The summed E-state index contributed by atoms with van der Waals surface area (Å²) in [7, 11) is 0. The summed E-state index contributed by atoms with van der Waals surface area (Å²) in [6.45, 7) is 3.08. The molecule has 3 nitrogen and oxygen atoms in total. The third kappa shape index (κ3) is 5.49. The van der Waals surface area contributed by atoms with Gasteiger partial charge >= 0.3 is 0 Å². The van der Waals surface area contributed by atoms with Crippen LogP contribution in [0.1, 0.15) is 13.8 Å². The van der Waals surface area contributed by atoms with E-state index >= 15 is 0 Å². The number of carbonyl (C=O) groups excluding carboxylic acids is 1. The number of amidine groups is 1. The monoisotopic (exact) mass is 132 g/mol. The molecule has 0 saturated carbocycles. The Balaban J connectivity index is 3.45. The number of nitrogens with two attached hydrogens (primary N) is 1. The van der Waals surface area contributed by atoms with Crippen molar-refractivity contribution in [2.24, 2.45) is 10.1 Å². The molecule has 0 saturated heterocycles. The van der Waals surface area contributed by atoms with Crippen molar-refractivity contribution < 1.29 is 4.79 Å². The first-order valence-electron chi connectivity index (χ1n) is 2.10. The van der Waals surface area contributed by atoms with E-state index in [0.29, 0.717) is 5.84 Å². The molecule has 0 rings (SSSR count). The Kier molecular flexibility index (Phi) is 3.26. The van der Waals surface area contributed by atoms with E-state index < -0.39 is 0 Å². The molecule has 0 atom stereocenters. The Labute approximate surface area is 52.5 Å². The molecule has 0 aromatic rings. The zero-order valence-electron chi connectivity index (χ0n) is 4.84. The van der Waals surface area contributed by atoms with Gasteiger partial charge in [-0.3, -0.25) is 4.79 Å². The summed E-state index contributed by atoms with van der Waals surface area (Å²) in [5.41, 5.74) is 5.12. The summed E-state index contributed by atoms with van der Waals surface area (Å²) in [6.07, 6.45) is 0. The Morgan fingerprint density at radius 3 is 2.25 bits per heavy atom. The summed E-state index contributed by atoms with van der Waals surface area (Å²) in [5, 5.41) is -0.0465. The molecule has 0 aromatic carbocycles. The molecule has 0 unspecified atom stereocenters. The number of hydrogen-bond acceptors (Lipinski definition) is 3. The van der Waals surface area contributed by atoms with Crippen LogP contribution in [0, 0.1) is 0 Å². The SMILES string of the molecule is CC(=O)SN=C(C)N. The van der Waals surface area contributed by atoms with E-state index in [1.807, 2.05) is 0 Å². The fraction of sp³-hybridized carbons (Fsp3) is 0.500.